The molecule has 1 atom stereocenters. The summed E-state index contributed by atoms with van der Waals surface area (Å²) in [7, 11) is 3.68. The van der Waals surface area contributed by atoms with Crippen molar-refractivity contribution in [1.82, 2.24) is 10.2 Å². The zero-order valence-corrected chi connectivity index (χ0v) is 11.5. The molecule has 1 rings (SSSR count). The zero-order valence-electron chi connectivity index (χ0n) is 11.5. The number of ether oxygens (including phenoxy) is 1. The number of hydrogen-bond acceptors (Lipinski definition) is 4. The lowest BCUT2D eigenvalue weighted by molar-refractivity contribution is 0.122. The molecule has 0 saturated heterocycles. The fourth-order valence-corrected chi connectivity index (χ4v) is 1.84. The molecule has 0 aliphatic rings. The molecule has 18 heavy (non-hydrogen) atoms. The zero-order chi connectivity index (χ0) is 13.4. The minimum atomic E-state index is -0.326. The van der Waals surface area contributed by atoms with Gasteiger partial charge in [0.25, 0.3) is 0 Å². The van der Waals surface area contributed by atoms with Crippen LogP contribution in [-0.2, 0) is 6.54 Å². The van der Waals surface area contributed by atoms with E-state index in [1.165, 1.54) is 5.56 Å². The number of aliphatic hydroxyl groups is 1. The maximum atomic E-state index is 9.79. The van der Waals surface area contributed by atoms with E-state index in [0.29, 0.717) is 13.1 Å². The summed E-state index contributed by atoms with van der Waals surface area (Å²) < 4.78 is 5.12. The molecule has 2 N–H and O–H groups in total. The van der Waals surface area contributed by atoms with E-state index in [-0.39, 0.29) is 6.10 Å². The van der Waals surface area contributed by atoms with Gasteiger partial charge in [0.1, 0.15) is 5.75 Å². The van der Waals surface area contributed by atoms with Gasteiger partial charge in [0, 0.05) is 19.6 Å². The first-order chi connectivity index (χ1) is 8.65. The summed E-state index contributed by atoms with van der Waals surface area (Å²) in [6, 6.07) is 8.01. The fraction of sp³-hybridized carbons (Fsp3) is 0.571. The Kier molecular flexibility index (Phi) is 6.72. The Labute approximate surface area is 110 Å². The van der Waals surface area contributed by atoms with E-state index in [9.17, 15) is 5.11 Å². The molecule has 0 spiro atoms. The monoisotopic (exact) mass is 252 g/mol. The van der Waals surface area contributed by atoms with Gasteiger partial charge in [-0.2, -0.15) is 0 Å². The summed E-state index contributed by atoms with van der Waals surface area (Å²) in [5, 5.41) is 12.9. The second-order valence-electron chi connectivity index (χ2n) is 4.51. The van der Waals surface area contributed by atoms with Gasteiger partial charge >= 0.3 is 0 Å². The topological polar surface area (TPSA) is 44.7 Å². The summed E-state index contributed by atoms with van der Waals surface area (Å²) >= 11 is 0. The molecule has 4 nitrogen and oxygen atoms in total. The van der Waals surface area contributed by atoms with Crippen molar-refractivity contribution >= 4 is 0 Å². The van der Waals surface area contributed by atoms with Crippen LogP contribution in [0.3, 0.4) is 0 Å². The van der Waals surface area contributed by atoms with E-state index in [0.717, 1.165) is 18.8 Å². The largest absolute Gasteiger partial charge is 0.497 e. The van der Waals surface area contributed by atoms with Crippen LogP contribution in [0.25, 0.3) is 0 Å². The molecule has 0 aromatic heterocycles. The van der Waals surface area contributed by atoms with Crippen LogP contribution in [0, 0.1) is 0 Å². The molecule has 0 aliphatic carbocycles. The van der Waals surface area contributed by atoms with Crippen molar-refractivity contribution in [2.45, 2.75) is 19.6 Å². The number of likely N-dealkylation sites (N-methyl/N-ethyl adjacent to an activating group) is 2. The molecule has 0 aliphatic heterocycles. The highest BCUT2D eigenvalue weighted by atomic mass is 16.5. The molecule has 0 heterocycles. The molecule has 1 unspecified atom stereocenters. The van der Waals surface area contributed by atoms with E-state index >= 15 is 0 Å². The highest BCUT2D eigenvalue weighted by Crippen LogP contribution is 2.12. The van der Waals surface area contributed by atoms with Gasteiger partial charge in [-0.1, -0.05) is 19.1 Å². The van der Waals surface area contributed by atoms with Gasteiger partial charge in [-0.3, -0.25) is 4.90 Å². The van der Waals surface area contributed by atoms with Gasteiger partial charge in [0.15, 0.2) is 0 Å². The molecule has 0 amide bonds. The minimum Gasteiger partial charge on any atom is -0.497 e. The number of nitrogens with one attached hydrogen (secondary N) is 1. The van der Waals surface area contributed by atoms with Crippen molar-refractivity contribution in [3.63, 3.8) is 0 Å². The van der Waals surface area contributed by atoms with Gasteiger partial charge in [0.2, 0.25) is 0 Å². The maximum absolute atomic E-state index is 9.79. The van der Waals surface area contributed by atoms with Crippen LogP contribution >= 0.6 is 0 Å². The minimum absolute atomic E-state index is 0.326. The third-order valence-electron chi connectivity index (χ3n) is 2.76. The molecule has 1 aromatic rings. The molecule has 1 aromatic carbocycles. The Morgan fingerprint density at radius 1 is 1.33 bits per heavy atom. The summed E-state index contributed by atoms with van der Waals surface area (Å²) in [5.41, 5.74) is 1.22. The van der Waals surface area contributed by atoms with Gasteiger partial charge in [-0.25, -0.2) is 0 Å². The van der Waals surface area contributed by atoms with Crippen molar-refractivity contribution in [2.24, 2.45) is 0 Å². The van der Waals surface area contributed by atoms with Crippen LogP contribution in [0.2, 0.25) is 0 Å². The molecule has 0 fully saturated rings. The molecule has 4 heteroatoms. The summed E-state index contributed by atoms with van der Waals surface area (Å²) in [4.78, 5) is 2.11. The summed E-state index contributed by atoms with van der Waals surface area (Å²) in [6.07, 6.45) is -0.326. The Bertz CT molecular complexity index is 327. The first-order valence-corrected chi connectivity index (χ1v) is 6.36. The van der Waals surface area contributed by atoms with Crippen molar-refractivity contribution in [1.29, 1.82) is 0 Å². The van der Waals surface area contributed by atoms with Crippen LogP contribution in [0.5, 0.6) is 5.75 Å². The van der Waals surface area contributed by atoms with Crippen LogP contribution in [0.4, 0.5) is 0 Å². The number of benzene rings is 1. The predicted octanol–water partition coefficient (Wildman–Crippen LogP) is 1.10. The van der Waals surface area contributed by atoms with Crippen LogP contribution in [-0.4, -0.2) is 49.9 Å². The quantitative estimate of drug-likeness (QED) is 0.727. The lowest BCUT2D eigenvalue weighted by atomic mass is 10.2. The molecule has 0 bridgehead atoms. The standard InChI is InChI=1S/C14H24N2O2/c1-4-15-9-13(17)11-16(2)10-12-5-7-14(18-3)8-6-12/h5-8,13,15,17H,4,9-11H2,1-3H3. The van der Waals surface area contributed by atoms with E-state index in [4.69, 9.17) is 4.74 Å². The Balaban J connectivity index is 2.36. The van der Waals surface area contributed by atoms with E-state index < -0.39 is 0 Å². The van der Waals surface area contributed by atoms with Crippen molar-refractivity contribution < 1.29 is 9.84 Å². The number of nitrogens with zero attached hydrogens (tertiary/aromatic N) is 1. The Hall–Kier alpha value is -1.10. The molecule has 102 valence electrons. The number of aliphatic hydroxyl groups excluding tert-OH is 1. The highest BCUT2D eigenvalue weighted by molar-refractivity contribution is 5.27. The summed E-state index contributed by atoms with van der Waals surface area (Å²) in [6.45, 7) is 5.06. The highest BCUT2D eigenvalue weighted by Gasteiger charge is 2.08. The lowest BCUT2D eigenvalue weighted by Crippen LogP contribution is -2.36. The van der Waals surface area contributed by atoms with Gasteiger partial charge in [-0.05, 0) is 31.3 Å². The van der Waals surface area contributed by atoms with Gasteiger partial charge in [-0.15, -0.1) is 0 Å². The number of methoxy groups -OCH3 is 1. The third kappa shape index (κ3) is 5.49. The SMILES string of the molecule is CCNCC(O)CN(C)Cc1ccc(OC)cc1. The number of hydrogen-bond donors (Lipinski definition) is 2. The first-order valence-electron chi connectivity index (χ1n) is 6.36. The maximum Gasteiger partial charge on any atom is 0.118 e. The predicted molar refractivity (Wildman–Crippen MR) is 73.9 cm³/mol. The molecule has 0 saturated carbocycles. The lowest BCUT2D eigenvalue weighted by Gasteiger charge is -2.20. The summed E-state index contributed by atoms with van der Waals surface area (Å²) in [5.74, 6) is 0.869. The van der Waals surface area contributed by atoms with E-state index in [2.05, 4.69) is 10.2 Å². The molecule has 0 radical (unpaired) electrons. The Morgan fingerprint density at radius 3 is 2.56 bits per heavy atom. The fourth-order valence-electron chi connectivity index (χ4n) is 1.84. The Morgan fingerprint density at radius 2 is 2.00 bits per heavy atom. The molecular formula is C14H24N2O2. The van der Waals surface area contributed by atoms with E-state index in [1.54, 1.807) is 7.11 Å². The van der Waals surface area contributed by atoms with Crippen LogP contribution in [0.15, 0.2) is 24.3 Å². The van der Waals surface area contributed by atoms with Crippen molar-refractivity contribution in [3.8, 4) is 5.75 Å². The normalized spacial score (nSPS) is 12.7. The second-order valence-corrected chi connectivity index (χ2v) is 4.51. The van der Waals surface area contributed by atoms with Crippen molar-refractivity contribution in [2.75, 3.05) is 33.8 Å². The van der Waals surface area contributed by atoms with Gasteiger partial charge in [0.05, 0.1) is 13.2 Å². The van der Waals surface area contributed by atoms with Crippen molar-refractivity contribution in [3.05, 3.63) is 29.8 Å². The van der Waals surface area contributed by atoms with Gasteiger partial charge < -0.3 is 15.2 Å². The average Bonchev–Trinajstić information content (AvgIpc) is 2.37. The molecular weight excluding hydrogens is 228 g/mol. The average molecular weight is 252 g/mol. The number of rotatable bonds is 8. The third-order valence-corrected chi connectivity index (χ3v) is 2.76. The van der Waals surface area contributed by atoms with Crippen LogP contribution < -0.4 is 10.1 Å². The first kappa shape index (κ1) is 15.0. The second kappa shape index (κ2) is 8.08. The van der Waals surface area contributed by atoms with Crippen LogP contribution in [0.1, 0.15) is 12.5 Å². The smallest absolute Gasteiger partial charge is 0.118 e. The van der Waals surface area contributed by atoms with E-state index in [1.807, 2.05) is 38.2 Å².